The summed E-state index contributed by atoms with van der Waals surface area (Å²) >= 11 is 0. The summed E-state index contributed by atoms with van der Waals surface area (Å²) in [6.07, 6.45) is 0. The van der Waals surface area contributed by atoms with Gasteiger partial charge in [0, 0.05) is 22.4 Å². The monoisotopic (exact) mass is 573 g/mol. The van der Waals surface area contributed by atoms with Crippen LogP contribution < -0.4 is 0 Å². The van der Waals surface area contributed by atoms with E-state index in [0.29, 0.717) is 0 Å². The van der Waals surface area contributed by atoms with Crippen molar-refractivity contribution in [3.8, 4) is 0 Å². The Morgan fingerprint density at radius 1 is 1.00 bits per heavy atom. The van der Waals surface area contributed by atoms with Crippen molar-refractivity contribution in [1.29, 1.82) is 0 Å². The van der Waals surface area contributed by atoms with Crippen molar-refractivity contribution in [2.24, 2.45) is 0 Å². The van der Waals surface area contributed by atoms with Crippen molar-refractivity contribution in [2.75, 3.05) is 0 Å². The van der Waals surface area contributed by atoms with Gasteiger partial charge in [-0.3, -0.25) is 0 Å². The zero-order valence-electron chi connectivity index (χ0n) is 2.22. The summed E-state index contributed by atoms with van der Waals surface area (Å²) in [5.74, 6) is 0. The van der Waals surface area contributed by atoms with Crippen LogP contribution in [0.1, 0.15) is 0 Å². The fourth-order valence-corrected chi connectivity index (χ4v) is 0. The van der Waals surface area contributed by atoms with Crippen LogP contribution in [0.5, 0.6) is 0 Å². The zero-order chi connectivity index (χ0) is 0. The predicted molar refractivity (Wildman–Crippen MR) is 27.0 cm³/mol. The molecule has 0 bridgehead atoms. The average Bonchev–Trinajstić information content (AvgIpc) is 0. The molecule has 0 aromatic rings. The molecule has 0 heterocycles. The van der Waals surface area contributed by atoms with Crippen LogP contribution in [0.2, 0.25) is 0 Å². The van der Waals surface area contributed by atoms with E-state index < -0.39 is 0 Å². The second-order valence-electron chi connectivity index (χ2n) is 0. The van der Waals surface area contributed by atoms with E-state index in [1.54, 1.807) is 0 Å². The molecule has 0 amide bonds. The van der Waals surface area contributed by atoms with Gasteiger partial charge in [0.15, 0.2) is 0 Å². The van der Waals surface area contributed by atoms with E-state index in [1.807, 2.05) is 0 Å². The molecule has 0 aromatic carbocycles. The summed E-state index contributed by atoms with van der Waals surface area (Å²) < 4.78 is 0. The fourth-order valence-electron chi connectivity index (χ4n) is 0. The molecule has 0 atom stereocenters. The van der Waals surface area contributed by atoms with Gasteiger partial charge in [-0.25, -0.2) is 0 Å². The molecule has 0 fully saturated rings. The Hall–Kier alpha value is 3.27. The molecule has 4 heavy (non-hydrogen) atoms. The van der Waals surface area contributed by atoms with Crippen molar-refractivity contribution in [3.63, 3.8) is 0 Å². The molecular formula is H7AgPbSbTe. The molecule has 4 heteroatoms. The van der Waals surface area contributed by atoms with Crippen molar-refractivity contribution < 1.29 is 22.4 Å². The summed E-state index contributed by atoms with van der Waals surface area (Å²) in [6, 6.07) is 0. The first-order valence-corrected chi connectivity index (χ1v) is 0. The SMILES string of the molecule is [Ag].[PbH2].[SbH3].[TeH2]. The first kappa shape index (κ1) is 26.7. The molecule has 3 radical (unpaired) electrons. The second kappa shape index (κ2) is 16.3. The molecule has 0 aliphatic carbocycles. The number of hydrogen-bond donors (Lipinski definition) is 0. The summed E-state index contributed by atoms with van der Waals surface area (Å²) in [4.78, 5) is 0. The van der Waals surface area contributed by atoms with Gasteiger partial charge in [0.25, 0.3) is 0 Å². The Balaban J connectivity index is 0. The van der Waals surface area contributed by atoms with Crippen molar-refractivity contribution in [1.82, 2.24) is 0 Å². The Kier molecular flexibility index (Phi) is 109. The van der Waals surface area contributed by atoms with Gasteiger partial charge >= 0.3 is 75.4 Å². The van der Waals surface area contributed by atoms with Crippen LogP contribution in [0.3, 0.4) is 0 Å². The van der Waals surface area contributed by atoms with E-state index >= 15 is 0 Å². The second-order valence-corrected chi connectivity index (χ2v) is 0. The quantitative estimate of drug-likeness (QED) is 0.272. The van der Waals surface area contributed by atoms with Crippen LogP contribution >= 0.6 is 0 Å². The number of hydrogen-bond acceptors (Lipinski definition) is 0. The molecule has 33 valence electrons. The van der Waals surface area contributed by atoms with Gasteiger partial charge < -0.3 is 0 Å². The van der Waals surface area contributed by atoms with Crippen molar-refractivity contribution in [2.45, 2.75) is 0 Å². The summed E-state index contributed by atoms with van der Waals surface area (Å²) in [7, 11) is 0. The predicted octanol–water partition coefficient (Wildman–Crippen LogP) is -3.02. The van der Waals surface area contributed by atoms with Crippen LogP contribution in [0, 0.1) is 0 Å². The molecule has 0 aromatic heterocycles. The third kappa shape index (κ3) is 8.99. The molecule has 0 unspecified atom stereocenters. The van der Waals surface area contributed by atoms with Gasteiger partial charge in [-0.15, -0.1) is 0 Å². The van der Waals surface area contributed by atoms with Crippen molar-refractivity contribution in [3.05, 3.63) is 0 Å². The average molecular weight is 571 g/mol. The van der Waals surface area contributed by atoms with E-state index in [2.05, 4.69) is 0 Å². The Bertz CT molecular complexity index is 8.00. The van der Waals surface area contributed by atoms with Gasteiger partial charge in [-0.2, -0.15) is 0 Å². The Labute approximate surface area is 95.7 Å². The van der Waals surface area contributed by atoms with E-state index in [0.717, 1.165) is 0 Å². The summed E-state index contributed by atoms with van der Waals surface area (Å²) in [5.41, 5.74) is 0. The third-order valence-electron chi connectivity index (χ3n) is 0. The molecule has 0 saturated heterocycles. The number of rotatable bonds is 0. The van der Waals surface area contributed by atoms with Gasteiger partial charge in [-0.05, 0) is 0 Å². The maximum atomic E-state index is 0. The molecule has 0 rings (SSSR count). The molecule has 0 saturated carbocycles. The normalized spacial score (nSPS) is 0. The topological polar surface area (TPSA) is 0 Å². The van der Waals surface area contributed by atoms with Crippen LogP contribution in [0.25, 0.3) is 0 Å². The van der Waals surface area contributed by atoms with Crippen LogP contribution in [-0.4, -0.2) is 75.4 Å². The van der Waals surface area contributed by atoms with E-state index in [-0.39, 0.29) is 97.8 Å². The first-order valence-electron chi connectivity index (χ1n) is 0. The van der Waals surface area contributed by atoms with E-state index in [9.17, 15) is 0 Å². The van der Waals surface area contributed by atoms with Gasteiger partial charge in [-0.1, -0.05) is 0 Å². The third-order valence-corrected chi connectivity index (χ3v) is 0. The molecule has 0 aliphatic heterocycles. The minimum atomic E-state index is 0. The fraction of sp³-hybridized carbons (Fsp3) is 0. The first-order chi connectivity index (χ1) is 0. The van der Waals surface area contributed by atoms with E-state index in [4.69, 9.17) is 0 Å². The van der Waals surface area contributed by atoms with Gasteiger partial charge in [0.1, 0.15) is 0 Å². The molecule has 0 aliphatic rings. The minimum absolute atomic E-state index is 0. The molecule has 0 spiro atoms. The molecule has 0 N–H and O–H groups in total. The van der Waals surface area contributed by atoms with E-state index in [1.165, 1.54) is 0 Å². The standard InChI is InChI=1S/Ag.Pb.Sb.H2Te.5H/h;;;1H2;;;;;. The van der Waals surface area contributed by atoms with Gasteiger partial charge in [0.2, 0.25) is 0 Å². The molecular weight excluding hydrogens is 564 g/mol. The summed E-state index contributed by atoms with van der Waals surface area (Å²) in [5, 5.41) is 0. The van der Waals surface area contributed by atoms with Crippen LogP contribution in [0.15, 0.2) is 0 Å². The van der Waals surface area contributed by atoms with Crippen molar-refractivity contribution >= 4 is 75.4 Å². The van der Waals surface area contributed by atoms with Gasteiger partial charge in [0.05, 0.1) is 0 Å². The zero-order valence-corrected chi connectivity index (χ0v) is 16.1. The summed E-state index contributed by atoms with van der Waals surface area (Å²) in [6.45, 7) is 0. The van der Waals surface area contributed by atoms with Crippen LogP contribution in [-0.2, 0) is 22.4 Å². The Morgan fingerprint density at radius 2 is 1.00 bits per heavy atom. The maximum absolute atomic E-state index is 0. The molecule has 0 nitrogen and oxygen atoms in total. The Morgan fingerprint density at radius 3 is 1.00 bits per heavy atom. The van der Waals surface area contributed by atoms with Crippen LogP contribution in [0.4, 0.5) is 0 Å².